The maximum absolute atomic E-state index is 12.0. The molecule has 1 atom stereocenters. The molecule has 128 valence electrons. The number of carbonyl (C=O) groups excluding carboxylic acids is 1. The Kier molecular flexibility index (Phi) is 6.88. The molecule has 0 aliphatic rings. The molecular formula is C19H32BNO2. The molecule has 1 aromatic carbocycles. The minimum Gasteiger partial charge on any atom is -0.507 e. The predicted molar refractivity (Wildman–Crippen MR) is 100 cm³/mol. The second-order valence-electron chi connectivity index (χ2n) is 7.13. The van der Waals surface area contributed by atoms with Crippen molar-refractivity contribution in [3.63, 3.8) is 0 Å². The van der Waals surface area contributed by atoms with Gasteiger partial charge in [-0.25, -0.2) is 0 Å². The molecular weight excluding hydrogens is 285 g/mol. The van der Waals surface area contributed by atoms with Crippen LogP contribution >= 0.6 is 0 Å². The first-order valence-corrected chi connectivity index (χ1v) is 8.66. The van der Waals surface area contributed by atoms with E-state index in [4.69, 9.17) is 0 Å². The number of Topliss-reactive ketones (excluding diaryl/α,β-unsaturated/α-hetero) is 1. The first-order chi connectivity index (χ1) is 10.6. The third-order valence-corrected chi connectivity index (χ3v) is 5.15. The van der Waals surface area contributed by atoms with Gasteiger partial charge in [0, 0.05) is 0 Å². The van der Waals surface area contributed by atoms with E-state index in [1.165, 1.54) is 6.92 Å². The summed E-state index contributed by atoms with van der Waals surface area (Å²) in [6, 6.07) is 0. The number of hydrogen-bond acceptors (Lipinski definition) is 3. The number of benzene rings is 1. The second kappa shape index (κ2) is 8.00. The van der Waals surface area contributed by atoms with Crippen LogP contribution in [0.5, 0.6) is 5.75 Å². The summed E-state index contributed by atoms with van der Waals surface area (Å²) in [6.07, 6.45) is 1.88. The summed E-state index contributed by atoms with van der Waals surface area (Å²) < 4.78 is 0. The molecule has 0 heterocycles. The summed E-state index contributed by atoms with van der Waals surface area (Å²) in [5.41, 5.74) is 4.55. The van der Waals surface area contributed by atoms with E-state index in [0.717, 1.165) is 41.6 Å². The largest absolute Gasteiger partial charge is 0.507 e. The van der Waals surface area contributed by atoms with E-state index in [2.05, 4.69) is 39.4 Å². The minimum absolute atomic E-state index is 0.0626. The van der Waals surface area contributed by atoms with Gasteiger partial charge in [0.25, 0.3) is 0 Å². The zero-order chi connectivity index (χ0) is 17.9. The highest BCUT2D eigenvalue weighted by Crippen LogP contribution is 2.34. The molecule has 0 aliphatic heterocycles. The van der Waals surface area contributed by atoms with Gasteiger partial charge >= 0.3 is 0 Å². The SMILES string of the molecule is CCCN(C)C(Cc1c(C)c(C)c(C)c(C(C)=O)c1O)B(C)C. The highest BCUT2D eigenvalue weighted by molar-refractivity contribution is 6.57. The number of ketones is 1. The lowest BCUT2D eigenvalue weighted by Gasteiger charge is -2.31. The predicted octanol–water partition coefficient (Wildman–Crippen LogP) is 4.07. The average molecular weight is 317 g/mol. The number of rotatable bonds is 7. The van der Waals surface area contributed by atoms with Crippen LogP contribution in [0.4, 0.5) is 0 Å². The van der Waals surface area contributed by atoms with Crippen molar-refractivity contribution in [3.05, 3.63) is 27.8 Å². The Bertz CT molecular complexity index is 581. The molecule has 23 heavy (non-hydrogen) atoms. The van der Waals surface area contributed by atoms with Crippen LogP contribution < -0.4 is 0 Å². The maximum Gasteiger partial charge on any atom is 0.163 e. The molecule has 0 radical (unpaired) electrons. The smallest absolute Gasteiger partial charge is 0.163 e. The van der Waals surface area contributed by atoms with Crippen LogP contribution in [0.15, 0.2) is 0 Å². The monoisotopic (exact) mass is 317 g/mol. The van der Waals surface area contributed by atoms with Crippen molar-refractivity contribution < 1.29 is 9.90 Å². The molecule has 1 N–H and O–H groups in total. The lowest BCUT2D eigenvalue weighted by Crippen LogP contribution is -2.43. The molecule has 0 saturated heterocycles. The van der Waals surface area contributed by atoms with Gasteiger partial charge in [-0.3, -0.25) is 4.79 Å². The maximum atomic E-state index is 12.0. The van der Waals surface area contributed by atoms with Crippen LogP contribution in [-0.2, 0) is 6.42 Å². The van der Waals surface area contributed by atoms with Crippen molar-refractivity contribution in [2.45, 2.75) is 67.0 Å². The number of hydrogen-bond donors (Lipinski definition) is 1. The quantitative estimate of drug-likeness (QED) is 0.609. The fraction of sp³-hybridized carbons (Fsp3) is 0.632. The Balaban J connectivity index is 3.39. The van der Waals surface area contributed by atoms with Crippen molar-refractivity contribution in [2.24, 2.45) is 0 Å². The number of aromatic hydroxyl groups is 1. The number of nitrogens with zero attached hydrogens (tertiary/aromatic N) is 1. The molecule has 1 rings (SSSR count). The van der Waals surface area contributed by atoms with Crippen LogP contribution in [0.1, 0.15) is 52.9 Å². The third kappa shape index (κ3) is 4.17. The summed E-state index contributed by atoms with van der Waals surface area (Å²) in [5.74, 6) is 0.475. The highest BCUT2D eigenvalue weighted by Gasteiger charge is 2.26. The normalized spacial score (nSPS) is 12.6. The van der Waals surface area contributed by atoms with Gasteiger partial charge in [0.15, 0.2) is 12.5 Å². The van der Waals surface area contributed by atoms with Gasteiger partial charge in [-0.1, -0.05) is 20.6 Å². The average Bonchev–Trinajstić information content (AvgIpc) is 2.44. The molecule has 0 saturated carbocycles. The Labute approximate surface area is 142 Å². The number of phenols is 1. The van der Waals surface area contributed by atoms with E-state index < -0.39 is 0 Å². The summed E-state index contributed by atoms with van der Waals surface area (Å²) in [7, 11) is 2.15. The van der Waals surface area contributed by atoms with Crippen LogP contribution in [0.25, 0.3) is 0 Å². The Hall–Kier alpha value is -1.29. The first kappa shape index (κ1) is 19.8. The molecule has 0 amide bonds. The van der Waals surface area contributed by atoms with Crippen LogP contribution in [0, 0.1) is 20.8 Å². The van der Waals surface area contributed by atoms with E-state index in [0.29, 0.717) is 18.2 Å². The summed E-state index contributed by atoms with van der Waals surface area (Å²) in [6.45, 7) is 15.7. The van der Waals surface area contributed by atoms with Gasteiger partial charge in [-0.2, -0.15) is 0 Å². The summed E-state index contributed by atoms with van der Waals surface area (Å²) in [5, 5.41) is 10.7. The number of carbonyl (C=O) groups is 1. The van der Waals surface area contributed by atoms with Gasteiger partial charge in [-0.05, 0) is 82.3 Å². The Morgan fingerprint density at radius 1 is 1.17 bits per heavy atom. The van der Waals surface area contributed by atoms with Crippen LogP contribution in [-0.4, -0.2) is 42.0 Å². The van der Waals surface area contributed by atoms with Crippen molar-refractivity contribution in [2.75, 3.05) is 13.6 Å². The number of likely N-dealkylation sites (N-methyl/N-ethyl adjacent to an activating group) is 1. The molecule has 0 aliphatic carbocycles. The van der Waals surface area contributed by atoms with Crippen LogP contribution in [0.3, 0.4) is 0 Å². The molecule has 0 bridgehead atoms. The Morgan fingerprint density at radius 3 is 2.17 bits per heavy atom. The van der Waals surface area contributed by atoms with Gasteiger partial charge in [0.1, 0.15) is 5.75 Å². The summed E-state index contributed by atoms with van der Waals surface area (Å²) >= 11 is 0. The lowest BCUT2D eigenvalue weighted by molar-refractivity contribution is 0.101. The van der Waals surface area contributed by atoms with Gasteiger partial charge in [0.05, 0.1) is 5.56 Å². The van der Waals surface area contributed by atoms with Gasteiger partial charge in [0.2, 0.25) is 0 Å². The fourth-order valence-electron chi connectivity index (χ4n) is 3.51. The Morgan fingerprint density at radius 2 is 1.74 bits per heavy atom. The molecule has 0 fully saturated rings. The molecule has 3 nitrogen and oxygen atoms in total. The standard InChI is InChI=1S/C19H32BNO2/c1-9-10-21(8)17(20(6)7)11-16-13(3)12(2)14(4)18(15(5)22)19(16)23/h17,23H,9-11H2,1-8H3. The first-order valence-electron chi connectivity index (χ1n) is 8.66. The number of phenolic OH excluding ortho intramolecular Hbond substituents is 1. The molecule has 4 heteroatoms. The zero-order valence-electron chi connectivity index (χ0n) is 16.1. The second-order valence-corrected chi connectivity index (χ2v) is 7.13. The van der Waals surface area contributed by atoms with Crippen molar-refractivity contribution in [3.8, 4) is 5.75 Å². The van der Waals surface area contributed by atoms with E-state index in [1.54, 1.807) is 0 Å². The fourth-order valence-corrected chi connectivity index (χ4v) is 3.51. The van der Waals surface area contributed by atoms with Gasteiger partial charge in [-0.15, -0.1) is 0 Å². The molecule has 0 aromatic heterocycles. The minimum atomic E-state index is -0.0626. The van der Waals surface area contributed by atoms with Crippen molar-refractivity contribution in [1.82, 2.24) is 4.90 Å². The third-order valence-electron chi connectivity index (χ3n) is 5.15. The van der Waals surface area contributed by atoms with Gasteiger partial charge < -0.3 is 10.0 Å². The van der Waals surface area contributed by atoms with Crippen molar-refractivity contribution >= 4 is 12.5 Å². The van der Waals surface area contributed by atoms with Crippen LogP contribution in [0.2, 0.25) is 13.6 Å². The van der Waals surface area contributed by atoms with E-state index in [1.807, 2.05) is 13.8 Å². The molecule has 1 aromatic rings. The topological polar surface area (TPSA) is 40.5 Å². The van der Waals surface area contributed by atoms with Crippen molar-refractivity contribution in [1.29, 1.82) is 0 Å². The van der Waals surface area contributed by atoms with E-state index in [9.17, 15) is 9.90 Å². The zero-order valence-corrected chi connectivity index (χ0v) is 16.1. The van der Waals surface area contributed by atoms with E-state index >= 15 is 0 Å². The lowest BCUT2D eigenvalue weighted by atomic mass is 9.46. The summed E-state index contributed by atoms with van der Waals surface area (Å²) in [4.78, 5) is 14.4. The molecule has 1 unspecified atom stereocenters. The highest BCUT2D eigenvalue weighted by atomic mass is 16.3. The molecule has 0 spiro atoms. The van der Waals surface area contributed by atoms with E-state index in [-0.39, 0.29) is 11.5 Å².